The molecule has 1 atom stereocenters. The largest absolute Gasteiger partial charge is 0.497 e. The molecule has 1 amide bonds. The number of hydrogen-bond acceptors (Lipinski definition) is 4. The molecule has 1 fully saturated rings. The molecule has 2 N–H and O–H groups in total. The van der Waals surface area contributed by atoms with Crippen LogP contribution < -0.4 is 10.1 Å². The molecule has 1 aromatic heterocycles. The first-order valence-corrected chi connectivity index (χ1v) is 8.38. The molecule has 1 aliphatic heterocycles. The van der Waals surface area contributed by atoms with Crippen molar-refractivity contribution in [3.05, 3.63) is 36.0 Å². The summed E-state index contributed by atoms with van der Waals surface area (Å²) in [7, 11) is 1.62. The fourth-order valence-corrected chi connectivity index (χ4v) is 3.16. The summed E-state index contributed by atoms with van der Waals surface area (Å²) in [4.78, 5) is 15.0. The van der Waals surface area contributed by atoms with E-state index < -0.39 is 0 Å². The van der Waals surface area contributed by atoms with Crippen molar-refractivity contribution in [3.63, 3.8) is 0 Å². The number of aromatic amines is 1. The smallest absolute Gasteiger partial charge is 0.255 e. The van der Waals surface area contributed by atoms with E-state index in [1.165, 1.54) is 12.8 Å². The summed E-state index contributed by atoms with van der Waals surface area (Å²) in [5.74, 6) is 0.643. The standard InChI is InChI=1S/C18H24N4O2/c1-13(12-22-8-3-4-9-22)20-18(23)16-11-19-21-17(16)14-6-5-7-15(10-14)24-2/h5-7,10-11,13H,3-4,8-9,12H2,1-2H3,(H,19,21)(H,20,23). The van der Waals surface area contributed by atoms with Gasteiger partial charge in [-0.05, 0) is 45.0 Å². The molecule has 2 heterocycles. The third-order valence-electron chi connectivity index (χ3n) is 4.35. The molecule has 1 unspecified atom stereocenters. The number of nitrogens with zero attached hydrogens (tertiary/aromatic N) is 2. The Bertz CT molecular complexity index is 692. The average Bonchev–Trinajstić information content (AvgIpc) is 3.26. The lowest BCUT2D eigenvalue weighted by atomic mass is 10.1. The minimum atomic E-state index is -0.103. The van der Waals surface area contributed by atoms with Crippen LogP contribution in [0.5, 0.6) is 5.75 Å². The molecule has 1 aliphatic rings. The molecule has 6 heteroatoms. The maximum Gasteiger partial charge on any atom is 0.255 e. The minimum absolute atomic E-state index is 0.101. The molecule has 128 valence electrons. The van der Waals surface area contributed by atoms with E-state index in [0.717, 1.165) is 30.9 Å². The number of likely N-dealkylation sites (tertiary alicyclic amines) is 1. The van der Waals surface area contributed by atoms with Crippen molar-refractivity contribution < 1.29 is 9.53 Å². The molecule has 0 aliphatic carbocycles. The summed E-state index contributed by atoms with van der Waals surface area (Å²) in [6.07, 6.45) is 4.08. The zero-order chi connectivity index (χ0) is 16.9. The Labute approximate surface area is 142 Å². The van der Waals surface area contributed by atoms with E-state index in [1.807, 2.05) is 31.2 Å². The van der Waals surface area contributed by atoms with Gasteiger partial charge in [0.25, 0.3) is 5.91 Å². The van der Waals surface area contributed by atoms with Gasteiger partial charge >= 0.3 is 0 Å². The molecular weight excluding hydrogens is 304 g/mol. The van der Waals surface area contributed by atoms with Crippen molar-refractivity contribution in [2.75, 3.05) is 26.7 Å². The Balaban J connectivity index is 1.70. The highest BCUT2D eigenvalue weighted by molar-refractivity contribution is 5.99. The Morgan fingerprint density at radius 3 is 2.96 bits per heavy atom. The van der Waals surface area contributed by atoms with Crippen LogP contribution in [0.1, 0.15) is 30.1 Å². The normalized spacial score (nSPS) is 16.1. The van der Waals surface area contributed by atoms with E-state index in [9.17, 15) is 4.79 Å². The molecule has 2 aromatic rings. The lowest BCUT2D eigenvalue weighted by Gasteiger charge is -2.21. The van der Waals surface area contributed by atoms with Crippen molar-refractivity contribution in [1.29, 1.82) is 0 Å². The third-order valence-corrected chi connectivity index (χ3v) is 4.35. The van der Waals surface area contributed by atoms with Gasteiger partial charge in [-0.15, -0.1) is 0 Å². The fourth-order valence-electron chi connectivity index (χ4n) is 3.16. The van der Waals surface area contributed by atoms with Gasteiger partial charge in [0.05, 0.1) is 24.6 Å². The molecule has 24 heavy (non-hydrogen) atoms. The second-order valence-corrected chi connectivity index (χ2v) is 6.27. The molecule has 0 radical (unpaired) electrons. The van der Waals surface area contributed by atoms with Crippen LogP contribution in [0.15, 0.2) is 30.5 Å². The number of H-pyrrole nitrogens is 1. The van der Waals surface area contributed by atoms with Gasteiger partial charge in [-0.25, -0.2) is 0 Å². The number of ether oxygens (including phenoxy) is 1. The van der Waals surface area contributed by atoms with Crippen LogP contribution in [-0.4, -0.2) is 53.8 Å². The number of carbonyl (C=O) groups is 1. The van der Waals surface area contributed by atoms with Gasteiger partial charge in [0.2, 0.25) is 0 Å². The van der Waals surface area contributed by atoms with Gasteiger partial charge in [-0.2, -0.15) is 5.10 Å². The Hall–Kier alpha value is -2.34. The van der Waals surface area contributed by atoms with Crippen LogP contribution in [0, 0.1) is 0 Å². The minimum Gasteiger partial charge on any atom is -0.497 e. The summed E-state index contributed by atoms with van der Waals surface area (Å²) in [5, 5.41) is 10.0. The Morgan fingerprint density at radius 2 is 2.21 bits per heavy atom. The summed E-state index contributed by atoms with van der Waals surface area (Å²) in [5.41, 5.74) is 2.14. The topological polar surface area (TPSA) is 70.2 Å². The molecule has 0 saturated carbocycles. The maximum absolute atomic E-state index is 12.6. The van der Waals surface area contributed by atoms with Crippen molar-refractivity contribution >= 4 is 5.91 Å². The van der Waals surface area contributed by atoms with E-state index >= 15 is 0 Å². The SMILES string of the molecule is COc1cccc(-c2[nH]ncc2C(=O)NC(C)CN2CCCC2)c1. The number of amides is 1. The predicted molar refractivity (Wildman–Crippen MR) is 93.2 cm³/mol. The average molecular weight is 328 g/mol. The highest BCUT2D eigenvalue weighted by Gasteiger charge is 2.20. The molecular formula is C18H24N4O2. The fraction of sp³-hybridized carbons (Fsp3) is 0.444. The van der Waals surface area contributed by atoms with Crippen LogP contribution in [0.4, 0.5) is 0 Å². The van der Waals surface area contributed by atoms with Gasteiger partial charge in [0.1, 0.15) is 5.75 Å². The lowest BCUT2D eigenvalue weighted by Crippen LogP contribution is -2.41. The predicted octanol–water partition coefficient (Wildman–Crippen LogP) is 2.30. The Kier molecular flexibility index (Phi) is 5.15. The highest BCUT2D eigenvalue weighted by Crippen LogP contribution is 2.25. The quantitative estimate of drug-likeness (QED) is 0.854. The van der Waals surface area contributed by atoms with Crippen LogP contribution in [-0.2, 0) is 0 Å². The summed E-state index contributed by atoms with van der Waals surface area (Å²) >= 11 is 0. The van der Waals surface area contributed by atoms with Crippen molar-refractivity contribution in [3.8, 4) is 17.0 Å². The number of nitrogens with one attached hydrogen (secondary N) is 2. The van der Waals surface area contributed by atoms with E-state index in [1.54, 1.807) is 13.3 Å². The van der Waals surface area contributed by atoms with E-state index in [4.69, 9.17) is 4.74 Å². The van der Waals surface area contributed by atoms with Crippen LogP contribution in [0.3, 0.4) is 0 Å². The zero-order valence-electron chi connectivity index (χ0n) is 14.2. The van der Waals surface area contributed by atoms with E-state index in [-0.39, 0.29) is 11.9 Å². The monoisotopic (exact) mass is 328 g/mol. The summed E-state index contributed by atoms with van der Waals surface area (Å²) in [6, 6.07) is 7.69. The van der Waals surface area contributed by atoms with Crippen LogP contribution in [0.2, 0.25) is 0 Å². The molecule has 1 saturated heterocycles. The zero-order valence-corrected chi connectivity index (χ0v) is 14.2. The first-order chi connectivity index (χ1) is 11.7. The molecule has 6 nitrogen and oxygen atoms in total. The molecule has 1 aromatic carbocycles. The first kappa shape index (κ1) is 16.5. The van der Waals surface area contributed by atoms with Crippen LogP contribution >= 0.6 is 0 Å². The van der Waals surface area contributed by atoms with Gasteiger partial charge < -0.3 is 15.0 Å². The van der Waals surface area contributed by atoms with E-state index in [2.05, 4.69) is 20.4 Å². The number of benzene rings is 1. The first-order valence-electron chi connectivity index (χ1n) is 8.38. The Morgan fingerprint density at radius 1 is 1.42 bits per heavy atom. The van der Waals surface area contributed by atoms with Gasteiger partial charge in [0, 0.05) is 18.2 Å². The molecule has 0 bridgehead atoms. The van der Waals surface area contributed by atoms with Gasteiger partial charge in [-0.3, -0.25) is 9.89 Å². The van der Waals surface area contributed by atoms with Crippen molar-refractivity contribution in [2.45, 2.75) is 25.8 Å². The van der Waals surface area contributed by atoms with Crippen molar-refractivity contribution in [2.24, 2.45) is 0 Å². The molecule has 0 spiro atoms. The number of methoxy groups -OCH3 is 1. The highest BCUT2D eigenvalue weighted by atomic mass is 16.5. The number of hydrogen-bond donors (Lipinski definition) is 2. The molecule has 3 rings (SSSR count). The maximum atomic E-state index is 12.6. The van der Waals surface area contributed by atoms with E-state index in [0.29, 0.717) is 11.3 Å². The third kappa shape index (κ3) is 3.76. The number of carbonyl (C=O) groups excluding carboxylic acids is 1. The summed E-state index contributed by atoms with van der Waals surface area (Å²) < 4.78 is 5.25. The van der Waals surface area contributed by atoms with Gasteiger partial charge in [0.15, 0.2) is 0 Å². The van der Waals surface area contributed by atoms with Gasteiger partial charge in [-0.1, -0.05) is 12.1 Å². The van der Waals surface area contributed by atoms with Crippen molar-refractivity contribution in [1.82, 2.24) is 20.4 Å². The second-order valence-electron chi connectivity index (χ2n) is 6.27. The van der Waals surface area contributed by atoms with Crippen LogP contribution in [0.25, 0.3) is 11.3 Å². The number of rotatable bonds is 6. The lowest BCUT2D eigenvalue weighted by molar-refractivity contribution is 0.0932. The second kappa shape index (κ2) is 7.49. The summed E-state index contributed by atoms with van der Waals surface area (Å²) in [6.45, 7) is 5.18. The number of aromatic nitrogens is 2.